The van der Waals surface area contributed by atoms with Gasteiger partial charge in [-0.1, -0.05) is 13.8 Å². The molecule has 21 heavy (non-hydrogen) atoms. The number of rotatable bonds is 3. The standard InChI is InChI=1S/C18H29N3/c1-14(2)18-12-19-15(3)13-21(18)17-8-6-16(7-9-17)20-10-4-5-11-20/h6-9,14-15,18-19H,4-5,10-13H2,1-3H3. The lowest BCUT2D eigenvalue weighted by molar-refractivity contribution is 0.349. The highest BCUT2D eigenvalue weighted by Gasteiger charge is 2.28. The Kier molecular flexibility index (Phi) is 4.39. The summed E-state index contributed by atoms with van der Waals surface area (Å²) >= 11 is 0. The fourth-order valence-corrected chi connectivity index (χ4v) is 3.65. The molecule has 0 aliphatic carbocycles. The van der Waals surface area contributed by atoms with Crippen LogP contribution in [-0.2, 0) is 0 Å². The molecule has 0 radical (unpaired) electrons. The van der Waals surface area contributed by atoms with Crippen molar-refractivity contribution in [1.82, 2.24) is 5.32 Å². The van der Waals surface area contributed by atoms with Gasteiger partial charge in [0.05, 0.1) is 0 Å². The third kappa shape index (κ3) is 3.18. The molecule has 3 heteroatoms. The summed E-state index contributed by atoms with van der Waals surface area (Å²) in [6.45, 7) is 11.6. The molecule has 2 atom stereocenters. The third-order valence-corrected chi connectivity index (χ3v) is 4.97. The molecule has 3 rings (SSSR count). The summed E-state index contributed by atoms with van der Waals surface area (Å²) in [7, 11) is 0. The van der Waals surface area contributed by atoms with Crippen molar-refractivity contribution >= 4 is 11.4 Å². The van der Waals surface area contributed by atoms with E-state index < -0.39 is 0 Å². The summed E-state index contributed by atoms with van der Waals surface area (Å²) in [5, 5.41) is 3.62. The molecule has 2 unspecified atom stereocenters. The zero-order valence-electron chi connectivity index (χ0n) is 13.7. The van der Waals surface area contributed by atoms with E-state index in [1.165, 1.54) is 37.3 Å². The largest absolute Gasteiger partial charge is 0.372 e. The van der Waals surface area contributed by atoms with Crippen molar-refractivity contribution < 1.29 is 0 Å². The van der Waals surface area contributed by atoms with Crippen LogP contribution in [0.3, 0.4) is 0 Å². The van der Waals surface area contributed by atoms with Gasteiger partial charge in [0, 0.05) is 49.6 Å². The Labute approximate surface area is 129 Å². The van der Waals surface area contributed by atoms with Gasteiger partial charge in [0.15, 0.2) is 0 Å². The van der Waals surface area contributed by atoms with E-state index in [2.05, 4.69) is 60.2 Å². The van der Waals surface area contributed by atoms with Crippen LogP contribution >= 0.6 is 0 Å². The quantitative estimate of drug-likeness (QED) is 0.921. The minimum Gasteiger partial charge on any atom is -0.372 e. The molecule has 1 aromatic carbocycles. The molecule has 2 aliphatic rings. The minimum absolute atomic E-state index is 0.568. The number of hydrogen-bond donors (Lipinski definition) is 1. The lowest BCUT2D eigenvalue weighted by Gasteiger charge is -2.43. The van der Waals surface area contributed by atoms with Gasteiger partial charge in [0.2, 0.25) is 0 Å². The zero-order chi connectivity index (χ0) is 14.8. The van der Waals surface area contributed by atoms with Crippen LogP contribution in [0.1, 0.15) is 33.6 Å². The van der Waals surface area contributed by atoms with Crippen molar-refractivity contribution in [1.29, 1.82) is 0 Å². The Bertz CT molecular complexity index is 448. The molecular formula is C18H29N3. The molecule has 2 fully saturated rings. The second-order valence-electron chi connectivity index (χ2n) is 6.98. The van der Waals surface area contributed by atoms with E-state index in [9.17, 15) is 0 Å². The Morgan fingerprint density at radius 2 is 1.67 bits per heavy atom. The van der Waals surface area contributed by atoms with Crippen LogP contribution < -0.4 is 15.1 Å². The minimum atomic E-state index is 0.568. The maximum absolute atomic E-state index is 3.62. The van der Waals surface area contributed by atoms with Crippen LogP contribution in [0.4, 0.5) is 11.4 Å². The number of nitrogens with zero attached hydrogens (tertiary/aromatic N) is 2. The fraction of sp³-hybridized carbons (Fsp3) is 0.667. The average Bonchev–Trinajstić information content (AvgIpc) is 3.01. The van der Waals surface area contributed by atoms with Crippen molar-refractivity contribution in [3.63, 3.8) is 0 Å². The van der Waals surface area contributed by atoms with Crippen LogP contribution in [0, 0.1) is 5.92 Å². The summed E-state index contributed by atoms with van der Waals surface area (Å²) in [6, 6.07) is 10.4. The van der Waals surface area contributed by atoms with E-state index >= 15 is 0 Å². The monoisotopic (exact) mass is 287 g/mol. The van der Waals surface area contributed by atoms with Crippen molar-refractivity contribution in [2.24, 2.45) is 5.92 Å². The molecule has 2 aliphatic heterocycles. The van der Waals surface area contributed by atoms with Gasteiger partial charge in [-0.15, -0.1) is 0 Å². The van der Waals surface area contributed by atoms with Crippen molar-refractivity contribution in [3.8, 4) is 0 Å². The predicted octanol–water partition coefficient (Wildman–Crippen LogP) is 3.11. The SMILES string of the molecule is CC1CN(c2ccc(N3CCCC3)cc2)C(C(C)C)CN1. The molecule has 1 aromatic rings. The van der Waals surface area contributed by atoms with E-state index in [1.807, 2.05) is 0 Å². The molecule has 1 N–H and O–H groups in total. The highest BCUT2D eigenvalue weighted by atomic mass is 15.2. The van der Waals surface area contributed by atoms with E-state index in [-0.39, 0.29) is 0 Å². The zero-order valence-corrected chi connectivity index (χ0v) is 13.7. The average molecular weight is 287 g/mol. The third-order valence-electron chi connectivity index (χ3n) is 4.97. The smallest absolute Gasteiger partial charge is 0.0438 e. The van der Waals surface area contributed by atoms with Gasteiger partial charge in [-0.2, -0.15) is 0 Å². The molecular weight excluding hydrogens is 258 g/mol. The second-order valence-corrected chi connectivity index (χ2v) is 6.98. The van der Waals surface area contributed by atoms with Crippen LogP contribution in [0.25, 0.3) is 0 Å². The normalized spacial score (nSPS) is 26.7. The first-order valence-electron chi connectivity index (χ1n) is 8.50. The molecule has 0 bridgehead atoms. The van der Waals surface area contributed by atoms with E-state index in [4.69, 9.17) is 0 Å². The maximum atomic E-state index is 3.62. The molecule has 2 saturated heterocycles. The van der Waals surface area contributed by atoms with Crippen LogP contribution in [0.15, 0.2) is 24.3 Å². The fourth-order valence-electron chi connectivity index (χ4n) is 3.65. The van der Waals surface area contributed by atoms with Crippen molar-refractivity contribution in [3.05, 3.63) is 24.3 Å². The Morgan fingerprint density at radius 3 is 2.29 bits per heavy atom. The van der Waals surface area contributed by atoms with Crippen molar-refractivity contribution in [2.75, 3.05) is 36.0 Å². The molecule has 0 saturated carbocycles. The van der Waals surface area contributed by atoms with Gasteiger partial charge in [0.1, 0.15) is 0 Å². The molecule has 0 amide bonds. The first kappa shape index (κ1) is 14.7. The molecule has 0 aromatic heterocycles. The van der Waals surface area contributed by atoms with Crippen LogP contribution in [0.5, 0.6) is 0 Å². The number of nitrogens with one attached hydrogen (secondary N) is 1. The van der Waals surface area contributed by atoms with Gasteiger partial charge in [-0.3, -0.25) is 0 Å². The van der Waals surface area contributed by atoms with Crippen LogP contribution in [0.2, 0.25) is 0 Å². The van der Waals surface area contributed by atoms with Gasteiger partial charge in [0.25, 0.3) is 0 Å². The summed E-state index contributed by atoms with van der Waals surface area (Å²) in [5.74, 6) is 0.670. The molecule has 116 valence electrons. The van der Waals surface area contributed by atoms with Crippen LogP contribution in [-0.4, -0.2) is 38.3 Å². The first-order valence-corrected chi connectivity index (χ1v) is 8.50. The molecule has 2 heterocycles. The van der Waals surface area contributed by atoms with Gasteiger partial charge < -0.3 is 15.1 Å². The van der Waals surface area contributed by atoms with E-state index in [0.29, 0.717) is 18.0 Å². The predicted molar refractivity (Wildman–Crippen MR) is 91.3 cm³/mol. The van der Waals surface area contributed by atoms with Gasteiger partial charge >= 0.3 is 0 Å². The summed E-state index contributed by atoms with van der Waals surface area (Å²) in [4.78, 5) is 5.10. The molecule has 0 spiro atoms. The lowest BCUT2D eigenvalue weighted by Crippen LogP contribution is -2.57. The van der Waals surface area contributed by atoms with E-state index in [0.717, 1.165) is 13.1 Å². The summed E-state index contributed by atoms with van der Waals surface area (Å²) in [5.41, 5.74) is 2.77. The number of hydrogen-bond acceptors (Lipinski definition) is 3. The summed E-state index contributed by atoms with van der Waals surface area (Å²) in [6.07, 6.45) is 2.68. The number of anilines is 2. The second kappa shape index (κ2) is 6.27. The van der Waals surface area contributed by atoms with E-state index in [1.54, 1.807) is 0 Å². The highest BCUT2D eigenvalue weighted by molar-refractivity contribution is 5.57. The van der Waals surface area contributed by atoms with Crippen molar-refractivity contribution in [2.45, 2.75) is 45.7 Å². The Hall–Kier alpha value is -1.22. The maximum Gasteiger partial charge on any atom is 0.0438 e. The highest BCUT2D eigenvalue weighted by Crippen LogP contribution is 2.27. The first-order chi connectivity index (χ1) is 10.1. The lowest BCUT2D eigenvalue weighted by atomic mass is 9.98. The van der Waals surface area contributed by atoms with Gasteiger partial charge in [-0.05, 0) is 49.9 Å². The topological polar surface area (TPSA) is 18.5 Å². The van der Waals surface area contributed by atoms with Gasteiger partial charge in [-0.25, -0.2) is 0 Å². The Balaban J connectivity index is 1.77. The number of benzene rings is 1. The summed E-state index contributed by atoms with van der Waals surface area (Å²) < 4.78 is 0. The molecule has 3 nitrogen and oxygen atoms in total. The number of piperazine rings is 1. The Morgan fingerprint density at radius 1 is 1.05 bits per heavy atom.